The third-order valence-corrected chi connectivity index (χ3v) is 1.63. The highest BCUT2D eigenvalue weighted by Crippen LogP contribution is 2.11. The SMILES string of the molecule is CC.CC1CCN(C)C1. The van der Waals surface area contributed by atoms with Crippen LogP contribution in [0.4, 0.5) is 0 Å². The van der Waals surface area contributed by atoms with Crippen molar-refractivity contribution in [1.29, 1.82) is 0 Å². The summed E-state index contributed by atoms with van der Waals surface area (Å²) in [5.41, 5.74) is 0. The first-order chi connectivity index (χ1) is 4.29. The Morgan fingerprint density at radius 2 is 1.89 bits per heavy atom. The van der Waals surface area contributed by atoms with E-state index in [2.05, 4.69) is 18.9 Å². The molecule has 1 atom stereocenters. The van der Waals surface area contributed by atoms with Crippen molar-refractivity contribution in [2.45, 2.75) is 27.2 Å². The maximum Gasteiger partial charge on any atom is 0.000445 e. The molecule has 9 heavy (non-hydrogen) atoms. The fraction of sp³-hybridized carbons (Fsp3) is 1.00. The van der Waals surface area contributed by atoms with Crippen LogP contribution in [0, 0.1) is 5.92 Å². The third-order valence-electron chi connectivity index (χ3n) is 1.63. The zero-order valence-electron chi connectivity index (χ0n) is 7.15. The minimum absolute atomic E-state index is 0.949. The molecule has 1 heteroatoms. The second-order valence-electron chi connectivity index (χ2n) is 2.66. The molecular formula is C8H19N. The minimum atomic E-state index is 0.949. The topological polar surface area (TPSA) is 3.24 Å². The molecule has 0 aromatic carbocycles. The molecule has 1 rings (SSSR count). The first-order valence-electron chi connectivity index (χ1n) is 3.97. The quantitative estimate of drug-likeness (QED) is 0.483. The molecule has 56 valence electrons. The highest BCUT2D eigenvalue weighted by molar-refractivity contribution is 4.67. The van der Waals surface area contributed by atoms with Crippen LogP contribution in [0.5, 0.6) is 0 Å². The van der Waals surface area contributed by atoms with Crippen molar-refractivity contribution >= 4 is 0 Å². The molecule has 1 fully saturated rings. The van der Waals surface area contributed by atoms with Crippen molar-refractivity contribution in [3.05, 3.63) is 0 Å². The Hall–Kier alpha value is -0.0400. The van der Waals surface area contributed by atoms with Crippen LogP contribution in [0.15, 0.2) is 0 Å². The summed E-state index contributed by atoms with van der Waals surface area (Å²) in [7, 11) is 2.18. The van der Waals surface area contributed by atoms with Crippen molar-refractivity contribution in [2.24, 2.45) is 5.92 Å². The third kappa shape index (κ3) is 3.52. The van der Waals surface area contributed by atoms with Gasteiger partial charge in [-0.1, -0.05) is 20.8 Å². The molecular weight excluding hydrogens is 110 g/mol. The normalized spacial score (nSPS) is 27.3. The van der Waals surface area contributed by atoms with Gasteiger partial charge in [0.05, 0.1) is 0 Å². The summed E-state index contributed by atoms with van der Waals surface area (Å²) in [6.45, 7) is 8.92. The Morgan fingerprint density at radius 3 is 2.00 bits per heavy atom. The van der Waals surface area contributed by atoms with Gasteiger partial charge in [0.1, 0.15) is 0 Å². The van der Waals surface area contributed by atoms with E-state index in [0.29, 0.717) is 0 Å². The molecule has 0 N–H and O–H groups in total. The first kappa shape index (κ1) is 8.96. The highest BCUT2D eigenvalue weighted by atomic mass is 15.1. The summed E-state index contributed by atoms with van der Waals surface area (Å²) in [4.78, 5) is 2.38. The van der Waals surface area contributed by atoms with Crippen molar-refractivity contribution in [3.63, 3.8) is 0 Å². The van der Waals surface area contributed by atoms with E-state index in [1.807, 2.05) is 13.8 Å². The molecule has 0 spiro atoms. The summed E-state index contributed by atoms with van der Waals surface area (Å²) in [5, 5.41) is 0. The van der Waals surface area contributed by atoms with E-state index in [1.165, 1.54) is 19.5 Å². The first-order valence-corrected chi connectivity index (χ1v) is 3.97. The lowest BCUT2D eigenvalue weighted by Gasteiger charge is -2.03. The molecule has 1 unspecified atom stereocenters. The predicted molar refractivity (Wildman–Crippen MR) is 42.6 cm³/mol. The van der Waals surface area contributed by atoms with E-state index in [-0.39, 0.29) is 0 Å². The molecule has 0 aliphatic carbocycles. The van der Waals surface area contributed by atoms with Gasteiger partial charge in [-0.25, -0.2) is 0 Å². The van der Waals surface area contributed by atoms with Gasteiger partial charge >= 0.3 is 0 Å². The van der Waals surface area contributed by atoms with Crippen molar-refractivity contribution < 1.29 is 0 Å². The van der Waals surface area contributed by atoms with Gasteiger partial charge in [0, 0.05) is 6.54 Å². The molecule has 1 heterocycles. The number of hydrogen-bond acceptors (Lipinski definition) is 1. The Labute approximate surface area is 59.1 Å². The smallest absolute Gasteiger partial charge is 0.000445 e. The second-order valence-corrected chi connectivity index (χ2v) is 2.66. The molecule has 0 aromatic heterocycles. The molecule has 1 aliphatic heterocycles. The standard InChI is InChI=1S/C6H13N.C2H6/c1-6-3-4-7(2)5-6;1-2/h6H,3-5H2,1-2H3;1-2H3. The van der Waals surface area contributed by atoms with Gasteiger partial charge in [0.25, 0.3) is 0 Å². The van der Waals surface area contributed by atoms with Crippen LogP contribution >= 0.6 is 0 Å². The second kappa shape index (κ2) is 4.80. The van der Waals surface area contributed by atoms with Gasteiger partial charge < -0.3 is 4.90 Å². The van der Waals surface area contributed by atoms with Gasteiger partial charge in [0.2, 0.25) is 0 Å². The van der Waals surface area contributed by atoms with Crippen molar-refractivity contribution in [1.82, 2.24) is 4.90 Å². The van der Waals surface area contributed by atoms with Gasteiger partial charge in [-0.3, -0.25) is 0 Å². The van der Waals surface area contributed by atoms with Crippen LogP contribution in [0.1, 0.15) is 27.2 Å². The molecule has 1 nitrogen and oxygen atoms in total. The number of rotatable bonds is 0. The maximum absolute atomic E-state index is 2.38. The van der Waals surface area contributed by atoms with Crippen LogP contribution in [-0.4, -0.2) is 25.0 Å². The van der Waals surface area contributed by atoms with Gasteiger partial charge in [-0.2, -0.15) is 0 Å². The van der Waals surface area contributed by atoms with Crippen LogP contribution in [0.2, 0.25) is 0 Å². The maximum atomic E-state index is 2.38. The Kier molecular flexibility index (Phi) is 4.78. The number of nitrogens with zero attached hydrogens (tertiary/aromatic N) is 1. The average molecular weight is 129 g/mol. The zero-order valence-corrected chi connectivity index (χ0v) is 7.15. The van der Waals surface area contributed by atoms with Crippen LogP contribution < -0.4 is 0 Å². The lowest BCUT2D eigenvalue weighted by molar-refractivity contribution is 0.402. The lowest BCUT2D eigenvalue weighted by atomic mass is 10.2. The summed E-state index contributed by atoms with van der Waals surface area (Å²) >= 11 is 0. The van der Waals surface area contributed by atoms with E-state index in [4.69, 9.17) is 0 Å². The average Bonchev–Trinajstić information content (AvgIpc) is 2.20. The Bertz CT molecular complexity index is 53.6. The predicted octanol–water partition coefficient (Wildman–Crippen LogP) is 1.98. The molecule has 1 aliphatic rings. The summed E-state index contributed by atoms with van der Waals surface area (Å²) in [6.07, 6.45) is 1.40. The highest BCUT2D eigenvalue weighted by Gasteiger charge is 2.13. The van der Waals surface area contributed by atoms with E-state index in [0.717, 1.165) is 5.92 Å². The zero-order chi connectivity index (χ0) is 7.28. The fourth-order valence-electron chi connectivity index (χ4n) is 1.16. The van der Waals surface area contributed by atoms with Gasteiger partial charge in [0.15, 0.2) is 0 Å². The van der Waals surface area contributed by atoms with Crippen LogP contribution in [0.25, 0.3) is 0 Å². The van der Waals surface area contributed by atoms with Crippen LogP contribution in [-0.2, 0) is 0 Å². The van der Waals surface area contributed by atoms with Crippen molar-refractivity contribution in [2.75, 3.05) is 20.1 Å². The lowest BCUT2D eigenvalue weighted by Crippen LogP contribution is -2.12. The monoisotopic (exact) mass is 129 g/mol. The van der Waals surface area contributed by atoms with E-state index < -0.39 is 0 Å². The van der Waals surface area contributed by atoms with Crippen LogP contribution in [0.3, 0.4) is 0 Å². The van der Waals surface area contributed by atoms with E-state index in [9.17, 15) is 0 Å². The van der Waals surface area contributed by atoms with Crippen molar-refractivity contribution in [3.8, 4) is 0 Å². The molecule has 0 saturated carbocycles. The largest absolute Gasteiger partial charge is 0.306 e. The summed E-state index contributed by atoms with van der Waals surface area (Å²) in [6, 6.07) is 0. The molecule has 0 aromatic rings. The number of hydrogen-bond donors (Lipinski definition) is 0. The summed E-state index contributed by atoms with van der Waals surface area (Å²) in [5.74, 6) is 0.949. The molecule has 1 saturated heterocycles. The molecule has 0 bridgehead atoms. The Morgan fingerprint density at radius 1 is 1.33 bits per heavy atom. The Balaban J connectivity index is 0.000000291. The van der Waals surface area contributed by atoms with E-state index in [1.54, 1.807) is 0 Å². The fourth-order valence-corrected chi connectivity index (χ4v) is 1.16. The van der Waals surface area contributed by atoms with E-state index >= 15 is 0 Å². The van der Waals surface area contributed by atoms with Gasteiger partial charge in [-0.15, -0.1) is 0 Å². The molecule has 0 amide bonds. The minimum Gasteiger partial charge on any atom is -0.306 e. The molecule has 0 radical (unpaired) electrons. The van der Waals surface area contributed by atoms with Gasteiger partial charge in [-0.05, 0) is 25.9 Å². The number of likely N-dealkylation sites (tertiary alicyclic amines) is 1. The summed E-state index contributed by atoms with van der Waals surface area (Å²) < 4.78 is 0.